The summed E-state index contributed by atoms with van der Waals surface area (Å²) >= 11 is 0. The third-order valence-electron chi connectivity index (χ3n) is 12.4. The van der Waals surface area contributed by atoms with Gasteiger partial charge in [-0.1, -0.05) is 110 Å². The number of hydrogen-bond acceptors (Lipinski definition) is 2. The van der Waals surface area contributed by atoms with Crippen LogP contribution in [0.1, 0.15) is 65.4 Å². The second kappa shape index (κ2) is 10.0. The first-order valence-electron chi connectivity index (χ1n) is 18.3. The highest BCUT2D eigenvalue weighted by molar-refractivity contribution is 7.23. The molecule has 3 nitrogen and oxygen atoms in total. The molecule has 4 heteroatoms. The lowest BCUT2D eigenvalue weighted by Crippen LogP contribution is -2.75. The van der Waals surface area contributed by atoms with Crippen LogP contribution in [0.2, 0.25) is 0 Å². The highest BCUT2D eigenvalue weighted by atomic mass is 28.3. The SMILES string of the molecule is CCC(C)c1cc2c3c(c1)[Si]1(c4ccccc4-c4ccccc41)c1cc(C)cc4c5cc(C)cc(c5n-3c14)C2(c1ccccn1)c1ccccn1. The third kappa shape index (κ3) is 3.35. The number of benzene rings is 5. The van der Waals surface area contributed by atoms with Gasteiger partial charge in [0.15, 0.2) is 8.07 Å². The Bertz CT molecular complexity index is 2600. The van der Waals surface area contributed by atoms with Gasteiger partial charge in [-0.3, -0.25) is 9.97 Å². The Morgan fingerprint density at radius 2 is 1.20 bits per heavy atom. The van der Waals surface area contributed by atoms with Crippen molar-refractivity contribution in [3.63, 3.8) is 0 Å². The molecule has 0 amide bonds. The molecular weight excluding hydrogens is 635 g/mol. The lowest BCUT2D eigenvalue weighted by molar-refractivity contribution is 0.668. The summed E-state index contributed by atoms with van der Waals surface area (Å²) in [6.07, 6.45) is 4.98. The number of hydrogen-bond donors (Lipinski definition) is 0. The highest BCUT2D eigenvalue weighted by Gasteiger charge is 2.57. The van der Waals surface area contributed by atoms with Gasteiger partial charge < -0.3 is 4.57 Å². The Hall–Kier alpha value is -5.58. The summed E-state index contributed by atoms with van der Waals surface area (Å²) in [6.45, 7) is 9.28. The molecule has 3 aliphatic rings. The van der Waals surface area contributed by atoms with Crippen molar-refractivity contribution in [2.75, 3.05) is 0 Å². The van der Waals surface area contributed by atoms with Gasteiger partial charge in [-0.15, -0.1) is 0 Å². The van der Waals surface area contributed by atoms with Crippen LogP contribution in [0, 0.1) is 13.8 Å². The molecule has 6 heterocycles. The quantitative estimate of drug-likeness (QED) is 0.177. The van der Waals surface area contributed by atoms with E-state index in [4.69, 9.17) is 9.97 Å². The molecule has 0 fully saturated rings. The third-order valence-corrected chi connectivity index (χ3v) is 17.3. The summed E-state index contributed by atoms with van der Waals surface area (Å²) < 4.78 is 2.69. The highest BCUT2D eigenvalue weighted by Crippen LogP contribution is 2.55. The van der Waals surface area contributed by atoms with Crippen molar-refractivity contribution in [2.24, 2.45) is 0 Å². The van der Waals surface area contributed by atoms with Gasteiger partial charge in [-0.05, 0) is 111 Å². The molecule has 8 aromatic rings. The maximum absolute atomic E-state index is 5.27. The monoisotopic (exact) mass is 671 g/mol. The van der Waals surface area contributed by atoms with Crippen molar-refractivity contribution in [1.82, 2.24) is 14.5 Å². The zero-order chi connectivity index (χ0) is 34.2. The van der Waals surface area contributed by atoms with Crippen LogP contribution < -0.4 is 20.7 Å². The van der Waals surface area contributed by atoms with Crippen LogP contribution in [0.15, 0.2) is 134 Å². The maximum atomic E-state index is 5.27. The minimum Gasteiger partial charge on any atom is -0.309 e. The molecule has 1 atom stereocenters. The second-order valence-corrected chi connectivity index (χ2v) is 18.7. The number of nitrogens with zero attached hydrogens (tertiary/aromatic N) is 3. The van der Waals surface area contributed by atoms with Crippen molar-refractivity contribution in [2.45, 2.75) is 45.4 Å². The molecule has 0 radical (unpaired) electrons. The summed E-state index contributed by atoms with van der Waals surface area (Å²) in [4.78, 5) is 10.5. The molecule has 0 aliphatic carbocycles. The first-order valence-corrected chi connectivity index (χ1v) is 20.3. The first-order chi connectivity index (χ1) is 25.0. The number of rotatable bonds is 4. The van der Waals surface area contributed by atoms with Crippen molar-refractivity contribution in [3.05, 3.63) is 173 Å². The molecule has 0 saturated carbocycles. The predicted octanol–water partition coefficient (Wildman–Crippen LogP) is 8.07. The largest absolute Gasteiger partial charge is 0.309 e. The summed E-state index contributed by atoms with van der Waals surface area (Å²) in [5, 5.41) is 8.67. The fourth-order valence-electron chi connectivity index (χ4n) is 10.3. The molecule has 0 N–H and O–H groups in total. The van der Waals surface area contributed by atoms with E-state index in [1.54, 1.807) is 0 Å². The first kappa shape index (κ1) is 29.2. The van der Waals surface area contributed by atoms with E-state index < -0.39 is 13.5 Å². The molecule has 11 rings (SSSR count). The second-order valence-electron chi connectivity index (χ2n) is 15.0. The number of aryl methyl sites for hydroxylation is 2. The molecule has 1 spiro atoms. The van der Waals surface area contributed by atoms with E-state index in [-0.39, 0.29) is 0 Å². The fourth-order valence-corrected chi connectivity index (χ4v) is 16.0. The van der Waals surface area contributed by atoms with E-state index >= 15 is 0 Å². The minimum atomic E-state index is -2.86. The topological polar surface area (TPSA) is 30.7 Å². The van der Waals surface area contributed by atoms with Crippen LogP contribution in [0.25, 0.3) is 38.6 Å². The summed E-state index contributed by atoms with van der Waals surface area (Å²) in [6, 6.07) is 46.5. The molecule has 51 heavy (non-hydrogen) atoms. The van der Waals surface area contributed by atoms with Crippen LogP contribution in [0.5, 0.6) is 0 Å². The van der Waals surface area contributed by atoms with E-state index in [0.717, 1.165) is 17.8 Å². The molecule has 3 aromatic heterocycles. The number of pyridine rings is 2. The van der Waals surface area contributed by atoms with E-state index in [1.807, 2.05) is 24.5 Å². The zero-order valence-electron chi connectivity index (χ0n) is 29.3. The van der Waals surface area contributed by atoms with E-state index in [9.17, 15) is 0 Å². The predicted molar refractivity (Wildman–Crippen MR) is 213 cm³/mol. The molecular formula is C47H37N3Si. The van der Waals surface area contributed by atoms with Gasteiger partial charge in [0.25, 0.3) is 0 Å². The van der Waals surface area contributed by atoms with Crippen molar-refractivity contribution in [3.8, 4) is 16.8 Å². The molecule has 5 aromatic carbocycles. The van der Waals surface area contributed by atoms with Crippen LogP contribution >= 0.6 is 0 Å². The van der Waals surface area contributed by atoms with Gasteiger partial charge in [0.1, 0.15) is 5.41 Å². The van der Waals surface area contributed by atoms with Crippen LogP contribution in [-0.2, 0) is 5.41 Å². The molecule has 1 unspecified atom stereocenters. The van der Waals surface area contributed by atoms with Crippen molar-refractivity contribution in [1.29, 1.82) is 0 Å². The van der Waals surface area contributed by atoms with Crippen molar-refractivity contribution < 1.29 is 0 Å². The van der Waals surface area contributed by atoms with Gasteiger partial charge >= 0.3 is 0 Å². The van der Waals surface area contributed by atoms with Gasteiger partial charge in [-0.25, -0.2) is 0 Å². The van der Waals surface area contributed by atoms with Gasteiger partial charge in [0, 0.05) is 23.2 Å². The number of aromatic nitrogens is 3. The van der Waals surface area contributed by atoms with E-state index in [0.29, 0.717) is 5.92 Å². The molecule has 0 saturated heterocycles. The van der Waals surface area contributed by atoms with Gasteiger partial charge in [-0.2, -0.15) is 0 Å². The average molecular weight is 672 g/mol. The summed E-state index contributed by atoms with van der Waals surface area (Å²) in [5.41, 5.74) is 14.6. The Morgan fingerprint density at radius 3 is 1.80 bits per heavy atom. The molecule has 244 valence electrons. The Labute approximate surface area is 299 Å². The Morgan fingerprint density at radius 1 is 0.608 bits per heavy atom. The normalized spacial score (nSPS) is 15.8. The average Bonchev–Trinajstić information content (AvgIpc) is 3.65. The zero-order valence-corrected chi connectivity index (χ0v) is 30.3. The summed E-state index contributed by atoms with van der Waals surface area (Å²) in [7, 11) is -2.86. The molecule has 3 aliphatic heterocycles. The van der Waals surface area contributed by atoms with E-state index in [1.165, 1.54) is 87.2 Å². The van der Waals surface area contributed by atoms with Crippen LogP contribution in [0.4, 0.5) is 0 Å². The van der Waals surface area contributed by atoms with Crippen molar-refractivity contribution >= 4 is 50.6 Å². The van der Waals surface area contributed by atoms with Crippen LogP contribution in [0.3, 0.4) is 0 Å². The fraction of sp³-hybridized carbons (Fsp3) is 0.149. The maximum Gasteiger partial charge on any atom is 0.185 e. The lowest BCUT2D eigenvalue weighted by atomic mass is 9.65. The van der Waals surface area contributed by atoms with Crippen LogP contribution in [-0.4, -0.2) is 22.6 Å². The standard InChI is InChI=1S/C47H37N3Si/c1-5-30(4)31-26-37-46-41(27-31)51(38-16-8-6-14-32(38)33-15-7-9-17-39(33)51)40-25-29(3)23-35-34-22-28(2)24-36(44(34)50(46)45(35)40)47(37,42-18-10-12-20-48-42)43-19-11-13-21-49-43/h6-27,30H,5H2,1-4H3. The van der Waals surface area contributed by atoms with Gasteiger partial charge in [0.05, 0.1) is 28.1 Å². The lowest BCUT2D eigenvalue weighted by Gasteiger charge is -2.46. The number of fused-ring (bicyclic) bond motifs is 8. The Balaban J connectivity index is 1.49. The molecule has 0 bridgehead atoms. The van der Waals surface area contributed by atoms with Gasteiger partial charge in [0.2, 0.25) is 0 Å². The summed E-state index contributed by atoms with van der Waals surface area (Å²) in [5.74, 6) is 0.372. The minimum absolute atomic E-state index is 0.372. The Kier molecular flexibility index (Phi) is 5.73. The van der Waals surface area contributed by atoms with E-state index in [2.05, 4.69) is 141 Å². The smallest absolute Gasteiger partial charge is 0.185 e.